The van der Waals surface area contributed by atoms with Gasteiger partial charge in [-0.05, 0) is 30.8 Å². The molecular weight excluding hydrogens is 288 g/mol. The van der Waals surface area contributed by atoms with Gasteiger partial charge in [0.2, 0.25) is 0 Å². The second-order valence-electron chi connectivity index (χ2n) is 4.70. The highest BCUT2D eigenvalue weighted by atomic mass is 32.2. The molecule has 2 aromatic rings. The highest BCUT2D eigenvalue weighted by Crippen LogP contribution is 2.17. The summed E-state index contributed by atoms with van der Waals surface area (Å²) in [6, 6.07) is 7.44. The Balaban J connectivity index is 2.15. The number of aromatic amines is 1. The first-order valence-corrected chi connectivity index (χ1v) is 8.36. The lowest BCUT2D eigenvalue weighted by Gasteiger charge is -2.18. The summed E-state index contributed by atoms with van der Waals surface area (Å²) in [4.78, 5) is 2.39. The summed E-state index contributed by atoms with van der Waals surface area (Å²) in [5.74, 6) is 0. The summed E-state index contributed by atoms with van der Waals surface area (Å²) in [5, 5.41) is 6.16. The molecule has 0 radical (unpaired) electrons. The highest BCUT2D eigenvalue weighted by Gasteiger charge is 2.15. The van der Waals surface area contributed by atoms with Crippen LogP contribution in [0, 0.1) is 0 Å². The maximum Gasteiger partial charge on any atom is 0.265 e. The van der Waals surface area contributed by atoms with Crippen LogP contribution in [0.1, 0.15) is 19.4 Å². The smallest absolute Gasteiger partial charge is 0.265 e. The second kappa shape index (κ2) is 6.73. The van der Waals surface area contributed by atoms with E-state index in [9.17, 15) is 8.42 Å². The van der Waals surface area contributed by atoms with Crippen LogP contribution in [0.15, 0.2) is 41.6 Å². The molecule has 0 atom stereocenters. The lowest BCUT2D eigenvalue weighted by Crippen LogP contribution is -2.22. The van der Waals surface area contributed by atoms with Crippen LogP contribution in [0.25, 0.3) is 0 Å². The topological polar surface area (TPSA) is 78.1 Å². The normalized spacial score (nSPS) is 11.8. The van der Waals surface area contributed by atoms with Crippen molar-refractivity contribution in [1.82, 2.24) is 15.1 Å². The largest absolute Gasteiger partial charge is 0.300 e. The SMILES string of the molecule is CCN(CC)Cc1cccc(NS(=O)(=O)c2cn[nH]c2)c1. The van der Waals surface area contributed by atoms with Gasteiger partial charge in [-0.15, -0.1) is 0 Å². The Bertz CT molecular complexity index is 664. The molecule has 2 N–H and O–H groups in total. The van der Waals surface area contributed by atoms with Crippen LogP contribution >= 0.6 is 0 Å². The monoisotopic (exact) mass is 308 g/mol. The fourth-order valence-electron chi connectivity index (χ4n) is 2.04. The Labute approximate surface area is 125 Å². The van der Waals surface area contributed by atoms with E-state index >= 15 is 0 Å². The van der Waals surface area contributed by atoms with Gasteiger partial charge in [-0.3, -0.25) is 14.7 Å². The molecule has 0 unspecified atom stereocenters. The Morgan fingerprint density at radius 3 is 2.67 bits per heavy atom. The summed E-state index contributed by atoms with van der Waals surface area (Å²) in [6.45, 7) is 6.93. The molecule has 0 saturated carbocycles. The summed E-state index contributed by atoms with van der Waals surface area (Å²) in [5.41, 5.74) is 1.63. The quantitative estimate of drug-likeness (QED) is 0.820. The van der Waals surface area contributed by atoms with Gasteiger partial charge in [-0.2, -0.15) is 5.10 Å². The van der Waals surface area contributed by atoms with Gasteiger partial charge >= 0.3 is 0 Å². The van der Waals surface area contributed by atoms with Crippen molar-refractivity contribution in [3.63, 3.8) is 0 Å². The molecule has 0 aliphatic rings. The van der Waals surface area contributed by atoms with Gasteiger partial charge in [-0.25, -0.2) is 8.42 Å². The van der Waals surface area contributed by atoms with Gasteiger partial charge < -0.3 is 0 Å². The molecule has 1 aromatic carbocycles. The van der Waals surface area contributed by atoms with Gasteiger partial charge in [0.25, 0.3) is 10.0 Å². The van der Waals surface area contributed by atoms with Crippen molar-refractivity contribution in [2.75, 3.05) is 17.8 Å². The standard InChI is InChI=1S/C14H20N4O2S/c1-3-18(4-2)11-12-6-5-7-13(8-12)17-21(19,20)14-9-15-16-10-14/h5-10,17H,3-4,11H2,1-2H3,(H,15,16). The maximum absolute atomic E-state index is 12.1. The summed E-state index contributed by atoms with van der Waals surface area (Å²) in [6.07, 6.45) is 2.63. The Kier molecular flexibility index (Phi) is 4.98. The van der Waals surface area contributed by atoms with Crippen molar-refractivity contribution in [3.8, 4) is 0 Å². The van der Waals surface area contributed by atoms with Gasteiger partial charge in [0.15, 0.2) is 0 Å². The average molecular weight is 308 g/mol. The molecule has 2 rings (SSSR count). The minimum Gasteiger partial charge on any atom is -0.300 e. The first-order chi connectivity index (χ1) is 10.0. The van der Waals surface area contributed by atoms with Crippen molar-refractivity contribution >= 4 is 15.7 Å². The van der Waals surface area contributed by atoms with Crippen LogP contribution in [0.4, 0.5) is 5.69 Å². The van der Waals surface area contributed by atoms with E-state index in [0.717, 1.165) is 25.2 Å². The number of H-pyrrole nitrogens is 1. The summed E-state index contributed by atoms with van der Waals surface area (Å²) >= 11 is 0. The fourth-order valence-corrected chi connectivity index (χ4v) is 2.99. The molecule has 0 fully saturated rings. The predicted octanol–water partition coefficient (Wildman–Crippen LogP) is 2.05. The fraction of sp³-hybridized carbons (Fsp3) is 0.357. The number of hydrogen-bond donors (Lipinski definition) is 2. The molecule has 6 nitrogen and oxygen atoms in total. The number of anilines is 1. The molecule has 1 aromatic heterocycles. The number of nitrogens with zero attached hydrogens (tertiary/aromatic N) is 2. The zero-order valence-electron chi connectivity index (χ0n) is 12.2. The molecule has 7 heteroatoms. The van der Waals surface area contributed by atoms with E-state index < -0.39 is 10.0 Å². The van der Waals surface area contributed by atoms with Crippen molar-refractivity contribution in [1.29, 1.82) is 0 Å². The van der Waals surface area contributed by atoms with Crippen molar-refractivity contribution in [3.05, 3.63) is 42.2 Å². The predicted molar refractivity (Wildman–Crippen MR) is 82.5 cm³/mol. The Hall–Kier alpha value is -1.86. The van der Waals surface area contributed by atoms with Gasteiger partial charge in [0.1, 0.15) is 4.90 Å². The number of hydrogen-bond acceptors (Lipinski definition) is 4. The molecule has 0 bridgehead atoms. The molecule has 114 valence electrons. The molecule has 0 saturated heterocycles. The van der Waals surface area contributed by atoms with Gasteiger partial charge in [0, 0.05) is 18.4 Å². The Morgan fingerprint density at radius 2 is 2.05 bits per heavy atom. The zero-order chi connectivity index (χ0) is 15.3. The number of nitrogens with one attached hydrogen (secondary N) is 2. The van der Waals surface area contributed by atoms with Crippen molar-refractivity contribution in [2.45, 2.75) is 25.3 Å². The van der Waals surface area contributed by atoms with Crippen LogP contribution in [0.2, 0.25) is 0 Å². The lowest BCUT2D eigenvalue weighted by atomic mass is 10.2. The minimum absolute atomic E-state index is 0.122. The van der Waals surface area contributed by atoms with Gasteiger partial charge in [-0.1, -0.05) is 26.0 Å². The van der Waals surface area contributed by atoms with Crippen LogP contribution in [0.3, 0.4) is 0 Å². The van der Waals surface area contributed by atoms with Crippen molar-refractivity contribution < 1.29 is 8.42 Å². The average Bonchev–Trinajstić information content (AvgIpc) is 2.99. The first-order valence-electron chi connectivity index (χ1n) is 6.88. The molecule has 0 spiro atoms. The minimum atomic E-state index is -3.58. The molecule has 0 aliphatic heterocycles. The van der Waals surface area contributed by atoms with E-state index in [-0.39, 0.29) is 4.90 Å². The van der Waals surface area contributed by atoms with E-state index in [1.54, 1.807) is 6.07 Å². The molecule has 21 heavy (non-hydrogen) atoms. The molecule has 0 aliphatic carbocycles. The van der Waals surface area contributed by atoms with Crippen molar-refractivity contribution in [2.24, 2.45) is 0 Å². The third-order valence-electron chi connectivity index (χ3n) is 3.26. The van der Waals surface area contributed by atoms with E-state index in [0.29, 0.717) is 5.69 Å². The second-order valence-corrected chi connectivity index (χ2v) is 6.38. The van der Waals surface area contributed by atoms with Crippen LogP contribution in [-0.4, -0.2) is 36.6 Å². The first kappa shape index (κ1) is 15.5. The highest BCUT2D eigenvalue weighted by molar-refractivity contribution is 7.92. The Morgan fingerprint density at radius 1 is 1.29 bits per heavy atom. The summed E-state index contributed by atoms with van der Waals surface area (Å²) < 4.78 is 26.8. The number of rotatable bonds is 7. The molecule has 1 heterocycles. The van der Waals surface area contributed by atoms with Gasteiger partial charge in [0.05, 0.1) is 6.20 Å². The van der Waals surface area contributed by atoms with Crippen LogP contribution in [-0.2, 0) is 16.6 Å². The van der Waals surface area contributed by atoms with Crippen LogP contribution < -0.4 is 4.72 Å². The zero-order valence-corrected chi connectivity index (χ0v) is 13.0. The van der Waals surface area contributed by atoms with E-state index in [1.807, 2.05) is 18.2 Å². The van der Waals surface area contributed by atoms with Crippen LogP contribution in [0.5, 0.6) is 0 Å². The number of aromatic nitrogens is 2. The third kappa shape index (κ3) is 4.05. The van der Waals surface area contributed by atoms with E-state index in [4.69, 9.17) is 0 Å². The van der Waals surface area contributed by atoms with E-state index in [1.165, 1.54) is 12.4 Å². The number of benzene rings is 1. The maximum atomic E-state index is 12.1. The lowest BCUT2D eigenvalue weighted by molar-refractivity contribution is 0.296. The summed E-state index contributed by atoms with van der Waals surface area (Å²) in [7, 11) is -3.58. The third-order valence-corrected chi connectivity index (χ3v) is 4.61. The molecular formula is C14H20N4O2S. The molecule has 0 amide bonds. The van der Waals surface area contributed by atoms with E-state index in [2.05, 4.69) is 33.7 Å². The number of sulfonamides is 1.